The smallest absolute Gasteiger partial charge is 0.325 e. The molecule has 1 fully saturated rings. The molecule has 6 nitrogen and oxygen atoms in total. The second-order valence-electron chi connectivity index (χ2n) is 5.41. The van der Waals surface area contributed by atoms with Gasteiger partial charge in [0.15, 0.2) is 0 Å². The van der Waals surface area contributed by atoms with Gasteiger partial charge in [-0.1, -0.05) is 12.1 Å². The number of halogens is 1. The highest BCUT2D eigenvalue weighted by Gasteiger charge is 2.34. The minimum atomic E-state index is -0.532. The van der Waals surface area contributed by atoms with Crippen molar-refractivity contribution in [1.29, 1.82) is 0 Å². The van der Waals surface area contributed by atoms with Crippen LogP contribution in [0.1, 0.15) is 12.0 Å². The number of methoxy groups -OCH3 is 1. The second kappa shape index (κ2) is 7.71. The molecule has 2 amide bonds. The van der Waals surface area contributed by atoms with Gasteiger partial charge < -0.3 is 15.0 Å². The number of amides is 2. The van der Waals surface area contributed by atoms with E-state index in [9.17, 15) is 18.8 Å². The molecule has 0 spiro atoms. The van der Waals surface area contributed by atoms with E-state index >= 15 is 0 Å². The summed E-state index contributed by atoms with van der Waals surface area (Å²) in [6.07, 6.45) is 0.735. The molecule has 23 heavy (non-hydrogen) atoms. The van der Waals surface area contributed by atoms with Crippen LogP contribution in [-0.4, -0.2) is 49.4 Å². The third-order valence-electron chi connectivity index (χ3n) is 3.80. The Kier molecular flexibility index (Phi) is 5.67. The van der Waals surface area contributed by atoms with Crippen LogP contribution >= 0.6 is 0 Å². The Bertz CT molecular complexity index is 588. The zero-order valence-electron chi connectivity index (χ0n) is 12.9. The maximum atomic E-state index is 12.8. The summed E-state index contributed by atoms with van der Waals surface area (Å²) in [4.78, 5) is 36.5. The predicted octanol–water partition coefficient (Wildman–Crippen LogP) is 0.506. The van der Waals surface area contributed by atoms with Crippen LogP contribution in [0.4, 0.5) is 4.39 Å². The van der Waals surface area contributed by atoms with Gasteiger partial charge in [-0.05, 0) is 24.1 Å². The number of hydrogen-bond acceptors (Lipinski definition) is 4. The highest BCUT2D eigenvalue weighted by Crippen LogP contribution is 2.18. The molecule has 0 radical (unpaired) electrons. The molecule has 1 aliphatic heterocycles. The van der Waals surface area contributed by atoms with E-state index in [4.69, 9.17) is 0 Å². The van der Waals surface area contributed by atoms with Gasteiger partial charge in [-0.25, -0.2) is 4.39 Å². The van der Waals surface area contributed by atoms with Crippen molar-refractivity contribution in [3.63, 3.8) is 0 Å². The number of nitrogens with one attached hydrogen (secondary N) is 1. The fraction of sp³-hybridized carbons (Fsp3) is 0.438. The first-order valence-corrected chi connectivity index (χ1v) is 7.36. The van der Waals surface area contributed by atoms with Crippen LogP contribution in [-0.2, 0) is 25.5 Å². The van der Waals surface area contributed by atoms with E-state index in [1.165, 1.54) is 19.2 Å². The Hall–Kier alpha value is -2.44. The third kappa shape index (κ3) is 4.77. The summed E-state index contributed by atoms with van der Waals surface area (Å²) < 4.78 is 17.3. The van der Waals surface area contributed by atoms with Crippen molar-refractivity contribution in [1.82, 2.24) is 10.2 Å². The first-order chi connectivity index (χ1) is 11.0. The molecule has 0 bridgehead atoms. The van der Waals surface area contributed by atoms with E-state index in [1.807, 2.05) is 0 Å². The van der Waals surface area contributed by atoms with Crippen molar-refractivity contribution in [2.75, 3.05) is 26.7 Å². The van der Waals surface area contributed by atoms with Crippen molar-refractivity contribution in [2.45, 2.75) is 12.8 Å². The van der Waals surface area contributed by atoms with Crippen molar-refractivity contribution < 1.29 is 23.5 Å². The van der Waals surface area contributed by atoms with E-state index in [2.05, 4.69) is 10.1 Å². The zero-order chi connectivity index (χ0) is 16.8. The number of likely N-dealkylation sites (tertiary alicyclic amines) is 1. The monoisotopic (exact) mass is 322 g/mol. The van der Waals surface area contributed by atoms with Gasteiger partial charge in [0.05, 0.1) is 13.0 Å². The molecule has 0 aromatic heterocycles. The SMILES string of the molecule is COC(=O)CNC(=O)[C@@H]1CC(=O)N(CCc2ccc(F)cc2)C1. The molecule has 1 atom stereocenters. The average molecular weight is 322 g/mol. The molecule has 1 saturated heterocycles. The normalized spacial score (nSPS) is 17.2. The molecule has 1 aliphatic rings. The van der Waals surface area contributed by atoms with Gasteiger partial charge in [0, 0.05) is 19.5 Å². The van der Waals surface area contributed by atoms with Crippen LogP contribution < -0.4 is 5.32 Å². The summed E-state index contributed by atoms with van der Waals surface area (Å²) in [5.74, 6) is -1.71. The quantitative estimate of drug-likeness (QED) is 0.774. The highest BCUT2D eigenvalue weighted by atomic mass is 19.1. The summed E-state index contributed by atoms with van der Waals surface area (Å²) in [6.45, 7) is 0.605. The van der Waals surface area contributed by atoms with Gasteiger partial charge in [-0.2, -0.15) is 0 Å². The minimum absolute atomic E-state index is 0.0923. The molecule has 1 aromatic carbocycles. The molecule has 124 valence electrons. The average Bonchev–Trinajstić information content (AvgIpc) is 2.92. The Labute approximate surface area is 133 Å². The molecular formula is C16H19FN2O4. The lowest BCUT2D eigenvalue weighted by Gasteiger charge is -2.16. The van der Waals surface area contributed by atoms with Crippen LogP contribution in [0.15, 0.2) is 24.3 Å². The number of nitrogens with zero attached hydrogens (tertiary/aromatic N) is 1. The number of rotatable bonds is 6. The Morgan fingerprint density at radius 2 is 2.04 bits per heavy atom. The van der Waals surface area contributed by atoms with Crippen molar-refractivity contribution >= 4 is 17.8 Å². The number of carbonyl (C=O) groups is 3. The van der Waals surface area contributed by atoms with E-state index in [0.717, 1.165) is 5.56 Å². The Morgan fingerprint density at radius 1 is 1.35 bits per heavy atom. The standard InChI is InChI=1S/C16H19FN2O4/c1-23-15(21)9-18-16(22)12-8-14(20)19(10-12)7-6-11-2-4-13(17)5-3-11/h2-5,12H,6-10H2,1H3,(H,18,22)/t12-/m1/s1. The summed E-state index contributed by atoms with van der Waals surface area (Å²) in [5.41, 5.74) is 0.929. The first-order valence-electron chi connectivity index (χ1n) is 7.36. The summed E-state index contributed by atoms with van der Waals surface area (Å²) in [7, 11) is 1.24. The van der Waals surface area contributed by atoms with Gasteiger partial charge in [0.1, 0.15) is 12.4 Å². The first kappa shape index (κ1) is 16.9. The van der Waals surface area contributed by atoms with Gasteiger partial charge in [0.2, 0.25) is 11.8 Å². The predicted molar refractivity (Wildman–Crippen MR) is 79.8 cm³/mol. The Morgan fingerprint density at radius 3 is 2.70 bits per heavy atom. The molecule has 7 heteroatoms. The van der Waals surface area contributed by atoms with Crippen molar-refractivity contribution in [3.8, 4) is 0 Å². The number of hydrogen-bond donors (Lipinski definition) is 1. The zero-order valence-corrected chi connectivity index (χ0v) is 12.9. The lowest BCUT2D eigenvalue weighted by atomic mass is 10.1. The third-order valence-corrected chi connectivity index (χ3v) is 3.80. The molecule has 2 rings (SSSR count). The molecular weight excluding hydrogens is 303 g/mol. The molecule has 1 heterocycles. The summed E-state index contributed by atoms with van der Waals surface area (Å²) >= 11 is 0. The lowest BCUT2D eigenvalue weighted by Crippen LogP contribution is -2.36. The fourth-order valence-electron chi connectivity index (χ4n) is 2.45. The topological polar surface area (TPSA) is 75.7 Å². The van der Waals surface area contributed by atoms with E-state index < -0.39 is 11.9 Å². The van der Waals surface area contributed by atoms with E-state index in [-0.39, 0.29) is 30.6 Å². The fourth-order valence-corrected chi connectivity index (χ4v) is 2.45. The highest BCUT2D eigenvalue weighted by molar-refractivity contribution is 5.90. The van der Waals surface area contributed by atoms with Crippen LogP contribution in [0.5, 0.6) is 0 Å². The number of ether oxygens (including phenoxy) is 1. The minimum Gasteiger partial charge on any atom is -0.468 e. The largest absolute Gasteiger partial charge is 0.468 e. The van der Waals surface area contributed by atoms with E-state index in [1.54, 1.807) is 17.0 Å². The van der Waals surface area contributed by atoms with Crippen LogP contribution in [0.25, 0.3) is 0 Å². The molecule has 0 aliphatic carbocycles. The van der Waals surface area contributed by atoms with Crippen LogP contribution in [0.2, 0.25) is 0 Å². The molecule has 1 N–H and O–H groups in total. The van der Waals surface area contributed by atoms with Gasteiger partial charge in [-0.15, -0.1) is 0 Å². The summed E-state index contributed by atoms with van der Waals surface area (Å²) in [5, 5.41) is 2.46. The van der Waals surface area contributed by atoms with Crippen molar-refractivity contribution in [2.24, 2.45) is 5.92 Å². The number of carbonyl (C=O) groups excluding carboxylic acids is 3. The summed E-state index contributed by atoms with van der Waals surface area (Å²) in [6, 6.07) is 6.11. The van der Waals surface area contributed by atoms with Crippen molar-refractivity contribution in [3.05, 3.63) is 35.6 Å². The Balaban J connectivity index is 1.81. The molecule has 0 unspecified atom stereocenters. The molecule has 1 aromatic rings. The van der Waals surface area contributed by atoms with Crippen LogP contribution in [0, 0.1) is 11.7 Å². The second-order valence-corrected chi connectivity index (χ2v) is 5.41. The maximum Gasteiger partial charge on any atom is 0.325 e. The maximum absolute atomic E-state index is 12.8. The number of benzene rings is 1. The number of esters is 1. The lowest BCUT2D eigenvalue weighted by molar-refractivity contribution is -0.141. The van der Waals surface area contributed by atoms with Gasteiger partial charge >= 0.3 is 5.97 Å². The van der Waals surface area contributed by atoms with Crippen LogP contribution in [0.3, 0.4) is 0 Å². The van der Waals surface area contributed by atoms with Gasteiger partial charge in [0.25, 0.3) is 0 Å². The van der Waals surface area contributed by atoms with E-state index in [0.29, 0.717) is 19.5 Å². The van der Waals surface area contributed by atoms with Gasteiger partial charge in [-0.3, -0.25) is 14.4 Å². The molecule has 0 saturated carbocycles.